The van der Waals surface area contributed by atoms with Crippen LogP contribution in [0.2, 0.25) is 0 Å². The largest absolute Gasteiger partial charge is 0.497 e. The molecule has 0 spiro atoms. The first-order valence-corrected chi connectivity index (χ1v) is 9.57. The van der Waals surface area contributed by atoms with Gasteiger partial charge in [0.1, 0.15) is 5.75 Å². The molecule has 144 valence electrons. The lowest BCUT2D eigenvalue weighted by molar-refractivity contribution is -0.136. The molecular weight excluding hydrogens is 374 g/mol. The molecule has 3 aromatic rings. The number of carbonyl (C=O) groups excluding carboxylic acids is 2. The predicted molar refractivity (Wildman–Crippen MR) is 110 cm³/mol. The molecule has 28 heavy (non-hydrogen) atoms. The van der Waals surface area contributed by atoms with Crippen LogP contribution in [-0.2, 0) is 16.1 Å². The lowest BCUT2D eigenvalue weighted by atomic mass is 10.3. The van der Waals surface area contributed by atoms with Crippen molar-refractivity contribution in [1.82, 2.24) is 9.88 Å². The number of aromatic nitrogens is 1. The SMILES string of the molecule is COc1ccc(Sc2ccc(NC(=O)C(=O)NCCn3cccc3)cc2)cc1. The average molecular weight is 395 g/mol. The van der Waals surface area contributed by atoms with Crippen LogP contribution in [0.25, 0.3) is 0 Å². The Morgan fingerprint density at radius 1 is 0.929 bits per heavy atom. The Balaban J connectivity index is 1.47. The standard InChI is InChI=1S/C21H21N3O3S/c1-27-17-6-10-19(11-7-17)28-18-8-4-16(5-9-18)23-21(26)20(25)22-12-15-24-13-2-3-14-24/h2-11,13-14H,12,15H2,1H3,(H,22,25)(H,23,26). The van der Waals surface area contributed by atoms with Crippen molar-refractivity contribution in [1.29, 1.82) is 0 Å². The van der Waals surface area contributed by atoms with Gasteiger partial charge in [0.15, 0.2) is 0 Å². The molecule has 2 aromatic carbocycles. The van der Waals surface area contributed by atoms with E-state index in [1.807, 2.05) is 65.5 Å². The molecule has 2 N–H and O–H groups in total. The monoisotopic (exact) mass is 395 g/mol. The van der Waals surface area contributed by atoms with Crippen molar-refractivity contribution in [3.05, 3.63) is 73.1 Å². The number of benzene rings is 2. The van der Waals surface area contributed by atoms with Crippen LogP contribution >= 0.6 is 11.8 Å². The summed E-state index contributed by atoms with van der Waals surface area (Å²) < 4.78 is 7.08. The van der Waals surface area contributed by atoms with E-state index in [0.29, 0.717) is 18.8 Å². The van der Waals surface area contributed by atoms with Gasteiger partial charge >= 0.3 is 11.8 Å². The minimum atomic E-state index is -0.678. The molecule has 0 saturated carbocycles. The number of hydrogen-bond acceptors (Lipinski definition) is 4. The van der Waals surface area contributed by atoms with Crippen LogP contribution in [0.1, 0.15) is 0 Å². The lowest BCUT2D eigenvalue weighted by Crippen LogP contribution is -2.36. The number of carbonyl (C=O) groups is 2. The Hall–Kier alpha value is -3.19. The summed E-state index contributed by atoms with van der Waals surface area (Å²) in [6.45, 7) is 1.00. The van der Waals surface area contributed by atoms with Crippen molar-refractivity contribution in [2.45, 2.75) is 16.3 Å². The van der Waals surface area contributed by atoms with Gasteiger partial charge in [-0.05, 0) is 60.7 Å². The summed E-state index contributed by atoms with van der Waals surface area (Å²) in [5.74, 6) is -0.513. The predicted octanol–water partition coefficient (Wildman–Crippen LogP) is 3.40. The second kappa shape index (κ2) is 9.66. The van der Waals surface area contributed by atoms with E-state index >= 15 is 0 Å². The number of hydrogen-bond donors (Lipinski definition) is 2. The zero-order chi connectivity index (χ0) is 19.8. The van der Waals surface area contributed by atoms with E-state index in [1.54, 1.807) is 31.0 Å². The molecule has 0 fully saturated rings. The molecule has 2 amide bonds. The summed E-state index contributed by atoms with van der Waals surface area (Å²) in [6.07, 6.45) is 3.80. The van der Waals surface area contributed by atoms with Crippen LogP contribution < -0.4 is 15.4 Å². The van der Waals surface area contributed by atoms with Gasteiger partial charge in [0, 0.05) is 41.0 Å². The van der Waals surface area contributed by atoms with E-state index in [0.717, 1.165) is 15.5 Å². The van der Waals surface area contributed by atoms with Crippen molar-refractivity contribution in [3.8, 4) is 5.75 Å². The van der Waals surface area contributed by atoms with Gasteiger partial charge in [-0.15, -0.1) is 0 Å². The van der Waals surface area contributed by atoms with E-state index < -0.39 is 11.8 Å². The van der Waals surface area contributed by atoms with E-state index in [1.165, 1.54) is 0 Å². The summed E-state index contributed by atoms with van der Waals surface area (Å²) in [5.41, 5.74) is 0.574. The summed E-state index contributed by atoms with van der Waals surface area (Å²) in [7, 11) is 1.64. The molecule has 0 atom stereocenters. The van der Waals surface area contributed by atoms with Crippen LogP contribution in [0.5, 0.6) is 5.75 Å². The van der Waals surface area contributed by atoms with Crippen molar-refractivity contribution in [2.75, 3.05) is 19.0 Å². The van der Waals surface area contributed by atoms with Crippen molar-refractivity contribution in [3.63, 3.8) is 0 Å². The first kappa shape index (κ1) is 19.6. The van der Waals surface area contributed by atoms with Gasteiger partial charge in [0.05, 0.1) is 7.11 Å². The minimum Gasteiger partial charge on any atom is -0.497 e. The highest BCUT2D eigenvalue weighted by atomic mass is 32.2. The number of rotatable bonds is 7. The number of amides is 2. The van der Waals surface area contributed by atoms with Crippen LogP contribution in [0.3, 0.4) is 0 Å². The van der Waals surface area contributed by atoms with E-state index in [-0.39, 0.29) is 0 Å². The van der Waals surface area contributed by atoms with Crippen LogP contribution in [0.15, 0.2) is 82.8 Å². The fraction of sp³-hybridized carbons (Fsp3) is 0.143. The topological polar surface area (TPSA) is 72.4 Å². The van der Waals surface area contributed by atoms with Crippen molar-refractivity contribution >= 4 is 29.3 Å². The zero-order valence-corrected chi connectivity index (χ0v) is 16.2. The van der Waals surface area contributed by atoms with Crippen molar-refractivity contribution in [2.24, 2.45) is 0 Å². The molecule has 0 saturated heterocycles. The highest BCUT2D eigenvalue weighted by molar-refractivity contribution is 7.99. The Morgan fingerprint density at radius 3 is 2.14 bits per heavy atom. The molecule has 1 aromatic heterocycles. The highest BCUT2D eigenvalue weighted by Gasteiger charge is 2.13. The molecule has 6 nitrogen and oxygen atoms in total. The van der Waals surface area contributed by atoms with Gasteiger partial charge in [-0.2, -0.15) is 0 Å². The molecule has 3 rings (SSSR count). The number of nitrogens with one attached hydrogen (secondary N) is 2. The highest BCUT2D eigenvalue weighted by Crippen LogP contribution is 2.29. The number of methoxy groups -OCH3 is 1. The Kier molecular flexibility index (Phi) is 6.75. The third-order valence-corrected chi connectivity index (χ3v) is 4.95. The summed E-state index contributed by atoms with van der Waals surface area (Å²) in [5, 5.41) is 5.22. The third kappa shape index (κ3) is 5.65. The number of nitrogens with zero attached hydrogens (tertiary/aromatic N) is 1. The molecule has 0 unspecified atom stereocenters. The van der Waals surface area contributed by atoms with E-state index in [9.17, 15) is 9.59 Å². The van der Waals surface area contributed by atoms with Crippen LogP contribution in [0, 0.1) is 0 Å². The zero-order valence-electron chi connectivity index (χ0n) is 15.4. The van der Waals surface area contributed by atoms with E-state index in [4.69, 9.17) is 4.74 Å². The lowest BCUT2D eigenvalue weighted by Gasteiger charge is -2.08. The number of ether oxygens (including phenoxy) is 1. The van der Waals surface area contributed by atoms with Gasteiger partial charge in [0.2, 0.25) is 0 Å². The molecule has 0 aliphatic carbocycles. The fourth-order valence-corrected chi connectivity index (χ4v) is 3.29. The molecule has 1 heterocycles. The van der Waals surface area contributed by atoms with Crippen molar-refractivity contribution < 1.29 is 14.3 Å². The van der Waals surface area contributed by atoms with Crippen LogP contribution in [-0.4, -0.2) is 30.0 Å². The normalized spacial score (nSPS) is 10.3. The Bertz CT molecular complexity index is 907. The van der Waals surface area contributed by atoms with Gasteiger partial charge < -0.3 is 19.9 Å². The first-order chi connectivity index (χ1) is 13.6. The fourth-order valence-electron chi connectivity index (χ4n) is 2.47. The maximum absolute atomic E-state index is 12.0. The first-order valence-electron chi connectivity index (χ1n) is 8.76. The second-order valence-electron chi connectivity index (χ2n) is 5.93. The maximum Gasteiger partial charge on any atom is 0.313 e. The molecular formula is C21H21N3O3S. The van der Waals surface area contributed by atoms with Gasteiger partial charge in [-0.25, -0.2) is 0 Å². The van der Waals surface area contributed by atoms with Gasteiger partial charge in [-0.3, -0.25) is 9.59 Å². The summed E-state index contributed by atoms with van der Waals surface area (Å²) >= 11 is 1.60. The average Bonchev–Trinajstić information content (AvgIpc) is 3.23. The van der Waals surface area contributed by atoms with Gasteiger partial charge in [0.25, 0.3) is 0 Å². The molecule has 0 bridgehead atoms. The smallest absolute Gasteiger partial charge is 0.313 e. The number of anilines is 1. The molecule has 0 aliphatic heterocycles. The maximum atomic E-state index is 12.0. The summed E-state index contributed by atoms with van der Waals surface area (Å²) in [4.78, 5) is 26.0. The molecule has 0 radical (unpaired) electrons. The van der Waals surface area contributed by atoms with Crippen LogP contribution in [0.4, 0.5) is 5.69 Å². The quantitative estimate of drug-likeness (QED) is 0.602. The van der Waals surface area contributed by atoms with E-state index in [2.05, 4.69) is 10.6 Å². The third-order valence-electron chi connectivity index (χ3n) is 3.94. The molecule has 7 heteroatoms. The minimum absolute atomic E-state index is 0.387. The second-order valence-corrected chi connectivity index (χ2v) is 7.08. The molecule has 0 aliphatic rings. The summed E-state index contributed by atoms with van der Waals surface area (Å²) in [6, 6.07) is 18.9. The Morgan fingerprint density at radius 2 is 1.54 bits per heavy atom. The van der Waals surface area contributed by atoms with Gasteiger partial charge in [-0.1, -0.05) is 11.8 Å². The Labute approximate surface area is 167 Å².